The molecule has 9 heteroatoms. The lowest BCUT2D eigenvalue weighted by atomic mass is 10.1. The molecule has 0 aromatic carbocycles. The summed E-state index contributed by atoms with van der Waals surface area (Å²) < 4.78 is 7.33. The van der Waals surface area contributed by atoms with Crippen molar-refractivity contribution in [3.05, 3.63) is 33.5 Å². The zero-order valence-corrected chi connectivity index (χ0v) is 20.9. The molecular weight excluding hydrogens is 442 g/mol. The molecule has 2 aliphatic rings. The number of hydrogen-bond acceptors (Lipinski definition) is 6. The van der Waals surface area contributed by atoms with E-state index in [9.17, 15) is 4.79 Å². The van der Waals surface area contributed by atoms with Crippen LogP contribution in [0.4, 0.5) is 5.00 Å². The van der Waals surface area contributed by atoms with Gasteiger partial charge in [-0.3, -0.25) is 9.58 Å². The van der Waals surface area contributed by atoms with Crippen molar-refractivity contribution < 1.29 is 9.53 Å². The molecule has 0 amide bonds. The van der Waals surface area contributed by atoms with Gasteiger partial charge < -0.3 is 15.0 Å². The number of rotatable bonds is 5. The lowest BCUT2D eigenvalue weighted by Crippen LogP contribution is -2.49. The Bertz CT molecular complexity index is 975. The summed E-state index contributed by atoms with van der Waals surface area (Å²) in [6.07, 6.45) is 7.46. The summed E-state index contributed by atoms with van der Waals surface area (Å²) in [6, 6.07) is 0. The molecule has 174 valence electrons. The van der Waals surface area contributed by atoms with Gasteiger partial charge in [0, 0.05) is 55.9 Å². The first-order chi connectivity index (χ1) is 15.5. The number of thiocarbonyl (C=S) groups is 1. The van der Waals surface area contributed by atoms with Crippen LogP contribution in [-0.2, 0) is 31.2 Å². The molecule has 1 aliphatic heterocycles. The minimum Gasteiger partial charge on any atom is -0.462 e. The molecule has 3 heterocycles. The number of fused-ring (bicyclic) bond motifs is 1. The number of piperazine rings is 1. The first kappa shape index (κ1) is 23.2. The standard InChI is InChI=1S/C23H33N5O2S2/c1-4-30-22(29)20-18-8-6-5-7-9-19(18)32-21(20)25-23(31)28-12-10-27(11-13-28)15-17-14-24-26(3)16(17)2/h14H,4-13,15H2,1-3H3,(H,25,31). The highest BCUT2D eigenvalue weighted by atomic mass is 32.1. The lowest BCUT2D eigenvalue weighted by Gasteiger charge is -2.36. The number of nitrogens with one attached hydrogen (secondary N) is 1. The average Bonchev–Trinajstić information content (AvgIpc) is 3.18. The van der Waals surface area contributed by atoms with Crippen LogP contribution in [0.2, 0.25) is 0 Å². The summed E-state index contributed by atoms with van der Waals surface area (Å²) in [7, 11) is 1.98. The maximum absolute atomic E-state index is 12.8. The van der Waals surface area contributed by atoms with Gasteiger partial charge in [0.15, 0.2) is 5.11 Å². The third kappa shape index (κ3) is 5.00. The van der Waals surface area contributed by atoms with Crippen molar-refractivity contribution >= 4 is 39.6 Å². The Morgan fingerprint density at radius 2 is 1.97 bits per heavy atom. The van der Waals surface area contributed by atoms with E-state index in [4.69, 9.17) is 17.0 Å². The quantitative estimate of drug-likeness (QED) is 0.401. The SMILES string of the molecule is CCOC(=O)c1c(NC(=S)N2CCN(Cc3cnn(C)c3C)CC2)sc2c1CCCCC2. The second-order valence-electron chi connectivity index (χ2n) is 8.56. The monoisotopic (exact) mass is 475 g/mol. The van der Waals surface area contributed by atoms with E-state index in [0.29, 0.717) is 17.3 Å². The van der Waals surface area contributed by atoms with E-state index >= 15 is 0 Å². The van der Waals surface area contributed by atoms with Gasteiger partial charge in [0.25, 0.3) is 0 Å². The number of aromatic nitrogens is 2. The largest absolute Gasteiger partial charge is 0.462 e. The Hall–Kier alpha value is -1.97. The van der Waals surface area contributed by atoms with Crippen LogP contribution < -0.4 is 5.32 Å². The molecule has 0 radical (unpaired) electrons. The van der Waals surface area contributed by atoms with Crippen LogP contribution in [0.3, 0.4) is 0 Å². The molecule has 0 unspecified atom stereocenters. The van der Waals surface area contributed by atoms with Gasteiger partial charge in [-0.15, -0.1) is 11.3 Å². The summed E-state index contributed by atoms with van der Waals surface area (Å²) in [5.74, 6) is -0.228. The average molecular weight is 476 g/mol. The maximum atomic E-state index is 12.8. The lowest BCUT2D eigenvalue weighted by molar-refractivity contribution is 0.0527. The predicted molar refractivity (Wildman–Crippen MR) is 133 cm³/mol. The number of hydrogen-bond donors (Lipinski definition) is 1. The number of nitrogens with zero attached hydrogens (tertiary/aromatic N) is 4. The fourth-order valence-corrected chi connectivity index (χ4v) is 6.10. The van der Waals surface area contributed by atoms with Gasteiger partial charge in [-0.25, -0.2) is 4.79 Å². The Kier molecular flexibility index (Phi) is 7.48. The van der Waals surface area contributed by atoms with Crippen molar-refractivity contribution in [1.29, 1.82) is 0 Å². The van der Waals surface area contributed by atoms with Crippen molar-refractivity contribution in [3.8, 4) is 0 Å². The maximum Gasteiger partial charge on any atom is 0.341 e. The van der Waals surface area contributed by atoms with Crippen LogP contribution in [-0.4, -0.2) is 63.4 Å². The Labute approximate surface area is 199 Å². The summed E-state index contributed by atoms with van der Waals surface area (Å²) in [5.41, 5.74) is 4.38. The summed E-state index contributed by atoms with van der Waals surface area (Å²) in [4.78, 5) is 18.8. The highest BCUT2D eigenvalue weighted by Crippen LogP contribution is 2.38. The van der Waals surface area contributed by atoms with Gasteiger partial charge in [0.2, 0.25) is 0 Å². The molecule has 0 atom stereocenters. The number of carbonyl (C=O) groups is 1. The summed E-state index contributed by atoms with van der Waals surface area (Å²) in [5, 5.41) is 9.32. The molecule has 7 nitrogen and oxygen atoms in total. The van der Waals surface area contributed by atoms with Crippen LogP contribution in [0.1, 0.15) is 58.2 Å². The topological polar surface area (TPSA) is 62.6 Å². The van der Waals surface area contributed by atoms with E-state index in [-0.39, 0.29) is 5.97 Å². The smallest absolute Gasteiger partial charge is 0.341 e. The second kappa shape index (κ2) is 10.3. The van der Waals surface area contributed by atoms with Gasteiger partial charge in [-0.2, -0.15) is 5.10 Å². The van der Waals surface area contributed by atoms with Crippen LogP contribution in [0.5, 0.6) is 0 Å². The predicted octanol–water partition coefficient (Wildman–Crippen LogP) is 3.75. The first-order valence-corrected chi connectivity index (χ1v) is 12.8. The fourth-order valence-electron chi connectivity index (χ4n) is 4.48. The Morgan fingerprint density at radius 1 is 1.22 bits per heavy atom. The van der Waals surface area contributed by atoms with Gasteiger partial charge in [-0.05, 0) is 57.3 Å². The van der Waals surface area contributed by atoms with Crippen LogP contribution in [0, 0.1) is 6.92 Å². The number of carbonyl (C=O) groups excluding carboxylic acids is 1. The minimum atomic E-state index is -0.228. The van der Waals surface area contributed by atoms with E-state index in [2.05, 4.69) is 27.1 Å². The third-order valence-electron chi connectivity index (χ3n) is 6.51. The van der Waals surface area contributed by atoms with Crippen LogP contribution in [0.15, 0.2) is 6.20 Å². The number of esters is 1. The van der Waals surface area contributed by atoms with Crippen molar-refractivity contribution in [2.45, 2.75) is 52.5 Å². The molecule has 1 aliphatic carbocycles. The molecule has 1 saturated heterocycles. The number of thiophene rings is 1. The van der Waals surface area contributed by atoms with Crippen molar-refractivity contribution in [3.63, 3.8) is 0 Å². The number of ether oxygens (including phenoxy) is 1. The zero-order chi connectivity index (χ0) is 22.7. The summed E-state index contributed by atoms with van der Waals surface area (Å²) >= 11 is 7.45. The highest BCUT2D eigenvalue weighted by molar-refractivity contribution is 7.80. The van der Waals surface area contributed by atoms with Gasteiger partial charge in [0.05, 0.1) is 18.4 Å². The molecule has 0 spiro atoms. The van der Waals surface area contributed by atoms with Crippen LogP contribution >= 0.6 is 23.6 Å². The zero-order valence-electron chi connectivity index (χ0n) is 19.3. The summed E-state index contributed by atoms with van der Waals surface area (Å²) in [6.45, 7) is 8.89. The van der Waals surface area contributed by atoms with E-state index < -0.39 is 0 Å². The fraction of sp³-hybridized carbons (Fsp3) is 0.609. The van der Waals surface area contributed by atoms with Gasteiger partial charge in [-0.1, -0.05) is 6.42 Å². The molecule has 0 saturated carbocycles. The Balaban J connectivity index is 1.41. The van der Waals surface area contributed by atoms with Crippen molar-refractivity contribution in [2.24, 2.45) is 7.05 Å². The molecule has 2 aromatic rings. The van der Waals surface area contributed by atoms with Crippen molar-refractivity contribution in [2.75, 3.05) is 38.1 Å². The molecule has 4 rings (SSSR count). The minimum absolute atomic E-state index is 0.228. The third-order valence-corrected chi connectivity index (χ3v) is 8.08. The molecule has 1 N–H and O–H groups in total. The molecule has 32 heavy (non-hydrogen) atoms. The van der Waals surface area contributed by atoms with E-state index in [1.165, 1.54) is 34.5 Å². The molecule has 1 fully saturated rings. The Morgan fingerprint density at radius 3 is 2.66 bits per heavy atom. The normalized spacial score (nSPS) is 17.0. The van der Waals surface area contributed by atoms with Crippen molar-refractivity contribution in [1.82, 2.24) is 19.6 Å². The number of aryl methyl sites for hydroxylation is 2. The first-order valence-electron chi connectivity index (χ1n) is 11.5. The van der Waals surface area contributed by atoms with Gasteiger partial charge >= 0.3 is 5.97 Å². The highest BCUT2D eigenvalue weighted by Gasteiger charge is 2.27. The van der Waals surface area contributed by atoms with Crippen LogP contribution in [0.25, 0.3) is 0 Å². The molecule has 2 aromatic heterocycles. The van der Waals surface area contributed by atoms with E-state index in [1.54, 1.807) is 11.3 Å². The van der Waals surface area contributed by atoms with E-state index in [0.717, 1.165) is 57.0 Å². The molecular formula is C23H33N5O2S2. The second-order valence-corrected chi connectivity index (χ2v) is 10.1. The molecule has 0 bridgehead atoms. The van der Waals surface area contributed by atoms with E-state index in [1.807, 2.05) is 24.9 Å². The number of anilines is 1. The van der Waals surface area contributed by atoms with Gasteiger partial charge in [0.1, 0.15) is 5.00 Å².